The van der Waals surface area contributed by atoms with E-state index in [1.165, 1.54) is 0 Å². The molecule has 1 aromatic rings. The summed E-state index contributed by atoms with van der Waals surface area (Å²) in [7, 11) is -3.08. The maximum atomic E-state index is 11.3. The van der Waals surface area contributed by atoms with E-state index in [0.29, 0.717) is 24.7 Å². The van der Waals surface area contributed by atoms with Gasteiger partial charge in [0.2, 0.25) is 0 Å². The first-order valence-electron chi connectivity index (χ1n) is 6.53. The third-order valence-corrected chi connectivity index (χ3v) is 5.20. The van der Waals surface area contributed by atoms with Crippen LogP contribution in [-0.2, 0) is 16.4 Å². The van der Waals surface area contributed by atoms with Gasteiger partial charge in [0.15, 0.2) is 9.84 Å². The van der Waals surface area contributed by atoms with Crippen molar-refractivity contribution in [1.82, 2.24) is 10.6 Å². The van der Waals surface area contributed by atoms with Gasteiger partial charge < -0.3 is 15.7 Å². The summed E-state index contributed by atoms with van der Waals surface area (Å²) in [5, 5.41) is 16.6. The van der Waals surface area contributed by atoms with Crippen molar-refractivity contribution in [2.24, 2.45) is 0 Å². The fourth-order valence-electron chi connectivity index (χ4n) is 2.25. The molecule has 0 aromatic heterocycles. The number of hydrogen-bond acceptors (Lipinski definition) is 5. The van der Waals surface area contributed by atoms with Crippen LogP contribution in [0, 0.1) is 0 Å². The monoisotopic (exact) mass is 318 g/mol. The quantitative estimate of drug-likeness (QED) is 0.652. The van der Waals surface area contributed by atoms with Gasteiger partial charge in [0.1, 0.15) is 0 Å². The van der Waals surface area contributed by atoms with Gasteiger partial charge in [-0.1, -0.05) is 23.7 Å². The van der Waals surface area contributed by atoms with Crippen molar-refractivity contribution in [3.63, 3.8) is 0 Å². The van der Waals surface area contributed by atoms with Crippen LogP contribution in [0.25, 0.3) is 0 Å². The highest BCUT2D eigenvalue weighted by atomic mass is 35.5. The molecule has 0 radical (unpaired) electrons. The fourth-order valence-corrected chi connectivity index (χ4v) is 4.24. The zero-order valence-electron chi connectivity index (χ0n) is 11.0. The zero-order valence-corrected chi connectivity index (χ0v) is 12.6. The largest absolute Gasteiger partial charge is 0.390 e. The minimum Gasteiger partial charge on any atom is -0.390 e. The molecular weight excluding hydrogens is 300 g/mol. The molecule has 1 aliphatic rings. The van der Waals surface area contributed by atoms with Crippen molar-refractivity contribution in [1.29, 1.82) is 0 Å². The van der Waals surface area contributed by atoms with Gasteiger partial charge in [-0.05, 0) is 17.7 Å². The molecule has 112 valence electrons. The molecule has 2 rings (SSSR count). The summed E-state index contributed by atoms with van der Waals surface area (Å²) in [5.74, 6) is -0.122. The van der Waals surface area contributed by atoms with E-state index in [-0.39, 0.29) is 17.5 Å². The summed E-state index contributed by atoms with van der Waals surface area (Å²) >= 11 is 5.89. The number of halogens is 1. The third-order valence-electron chi connectivity index (χ3n) is 3.25. The third kappa shape index (κ3) is 4.71. The van der Waals surface area contributed by atoms with E-state index >= 15 is 0 Å². The van der Waals surface area contributed by atoms with Crippen molar-refractivity contribution in [2.75, 3.05) is 24.6 Å². The van der Waals surface area contributed by atoms with Gasteiger partial charge >= 0.3 is 0 Å². The Morgan fingerprint density at radius 3 is 2.75 bits per heavy atom. The molecule has 2 atom stereocenters. The predicted molar refractivity (Wildman–Crippen MR) is 79.6 cm³/mol. The minimum absolute atomic E-state index is 0.0163. The lowest BCUT2D eigenvalue weighted by molar-refractivity contribution is 0.166. The van der Waals surface area contributed by atoms with Crippen LogP contribution in [-0.4, -0.2) is 50.3 Å². The number of hydrogen-bond donors (Lipinski definition) is 3. The molecule has 1 aliphatic heterocycles. The maximum Gasteiger partial charge on any atom is 0.154 e. The van der Waals surface area contributed by atoms with Crippen molar-refractivity contribution >= 4 is 21.4 Å². The van der Waals surface area contributed by atoms with Crippen LogP contribution in [0.1, 0.15) is 5.56 Å². The van der Waals surface area contributed by atoms with Gasteiger partial charge in [-0.15, -0.1) is 0 Å². The number of nitrogens with one attached hydrogen (secondary N) is 2. The van der Waals surface area contributed by atoms with Gasteiger partial charge in [0.25, 0.3) is 0 Å². The van der Waals surface area contributed by atoms with Crippen LogP contribution < -0.4 is 10.6 Å². The first-order valence-corrected chi connectivity index (χ1v) is 8.73. The van der Waals surface area contributed by atoms with E-state index < -0.39 is 15.9 Å². The van der Waals surface area contributed by atoms with Crippen LogP contribution in [0.3, 0.4) is 0 Å². The van der Waals surface area contributed by atoms with E-state index in [1.807, 2.05) is 24.3 Å². The molecule has 1 heterocycles. The Morgan fingerprint density at radius 2 is 2.10 bits per heavy atom. The molecule has 0 spiro atoms. The van der Waals surface area contributed by atoms with Crippen LogP contribution in [0.5, 0.6) is 0 Å². The summed E-state index contributed by atoms with van der Waals surface area (Å²) < 4.78 is 22.7. The van der Waals surface area contributed by atoms with Crippen molar-refractivity contribution < 1.29 is 13.5 Å². The van der Waals surface area contributed by atoms with Crippen molar-refractivity contribution in [3.05, 3.63) is 34.9 Å². The smallest absolute Gasteiger partial charge is 0.154 e. The number of benzene rings is 1. The molecule has 0 unspecified atom stereocenters. The minimum atomic E-state index is -3.08. The molecular formula is C13H19ClN2O3S. The van der Waals surface area contributed by atoms with Crippen LogP contribution in [0.2, 0.25) is 5.02 Å². The molecule has 7 heteroatoms. The van der Waals surface area contributed by atoms with E-state index in [1.54, 1.807) is 0 Å². The Balaban J connectivity index is 1.65. The molecule has 1 fully saturated rings. The molecule has 0 saturated carbocycles. The average molecular weight is 319 g/mol. The Morgan fingerprint density at radius 1 is 1.30 bits per heavy atom. The SMILES string of the molecule is O=S1(=O)C[C@@H](O)[C@H](NCCNCc2cccc(Cl)c2)C1. The molecule has 1 aromatic carbocycles. The first-order chi connectivity index (χ1) is 9.46. The van der Waals surface area contributed by atoms with Gasteiger partial charge in [-0.3, -0.25) is 0 Å². The summed E-state index contributed by atoms with van der Waals surface area (Å²) in [5.41, 5.74) is 1.10. The number of aliphatic hydroxyl groups excluding tert-OH is 1. The number of sulfone groups is 1. The molecule has 20 heavy (non-hydrogen) atoms. The van der Waals surface area contributed by atoms with E-state index in [2.05, 4.69) is 10.6 Å². The molecule has 0 bridgehead atoms. The topological polar surface area (TPSA) is 78.4 Å². The predicted octanol–water partition coefficient (Wildman–Crippen LogP) is 0.177. The highest BCUT2D eigenvalue weighted by Crippen LogP contribution is 2.12. The highest BCUT2D eigenvalue weighted by molar-refractivity contribution is 7.91. The highest BCUT2D eigenvalue weighted by Gasteiger charge is 2.35. The zero-order chi connectivity index (χ0) is 14.6. The molecule has 3 N–H and O–H groups in total. The second-order valence-electron chi connectivity index (χ2n) is 5.01. The first kappa shape index (κ1) is 15.7. The van der Waals surface area contributed by atoms with Crippen LogP contribution in [0.15, 0.2) is 24.3 Å². The molecule has 5 nitrogen and oxygen atoms in total. The number of aliphatic hydroxyl groups is 1. The van der Waals surface area contributed by atoms with Crippen LogP contribution >= 0.6 is 11.6 Å². The molecule has 0 amide bonds. The van der Waals surface area contributed by atoms with E-state index in [9.17, 15) is 13.5 Å². The van der Waals surface area contributed by atoms with Gasteiger partial charge in [-0.25, -0.2) is 8.42 Å². The Kier molecular flexibility index (Phi) is 5.40. The molecule has 1 saturated heterocycles. The summed E-state index contributed by atoms with van der Waals surface area (Å²) in [6.07, 6.45) is -0.798. The Labute approximate surface area is 124 Å². The average Bonchev–Trinajstić information content (AvgIpc) is 2.62. The van der Waals surface area contributed by atoms with E-state index in [0.717, 1.165) is 5.56 Å². The lowest BCUT2D eigenvalue weighted by Crippen LogP contribution is -2.42. The van der Waals surface area contributed by atoms with Gasteiger partial charge in [0.05, 0.1) is 17.6 Å². The second-order valence-corrected chi connectivity index (χ2v) is 7.60. The van der Waals surface area contributed by atoms with Crippen molar-refractivity contribution in [3.8, 4) is 0 Å². The van der Waals surface area contributed by atoms with Crippen molar-refractivity contribution in [2.45, 2.75) is 18.7 Å². The van der Waals surface area contributed by atoms with Gasteiger partial charge in [0, 0.05) is 30.7 Å². The Hall–Kier alpha value is -0.660. The lowest BCUT2D eigenvalue weighted by atomic mass is 10.2. The van der Waals surface area contributed by atoms with Gasteiger partial charge in [-0.2, -0.15) is 0 Å². The normalized spacial score (nSPS) is 24.9. The number of rotatable bonds is 6. The lowest BCUT2D eigenvalue weighted by Gasteiger charge is -2.15. The second kappa shape index (κ2) is 6.87. The fraction of sp³-hybridized carbons (Fsp3) is 0.538. The standard InChI is InChI=1S/C13H19ClN2O3S/c14-11-3-1-2-10(6-11)7-15-4-5-16-12-8-20(18,19)9-13(12)17/h1-3,6,12-13,15-17H,4-5,7-9H2/t12-,13-/m1/s1. The summed E-state index contributed by atoms with van der Waals surface area (Å²) in [6, 6.07) is 7.26. The molecule has 0 aliphatic carbocycles. The maximum absolute atomic E-state index is 11.3. The Bertz CT molecular complexity index is 550. The summed E-state index contributed by atoms with van der Waals surface area (Å²) in [6.45, 7) is 2.00. The summed E-state index contributed by atoms with van der Waals surface area (Å²) in [4.78, 5) is 0. The van der Waals surface area contributed by atoms with E-state index in [4.69, 9.17) is 11.6 Å². The van der Waals surface area contributed by atoms with Crippen LogP contribution in [0.4, 0.5) is 0 Å².